The molecule has 0 fully saturated rings. The number of fused-ring (bicyclic) bond motifs is 1. The van der Waals surface area contributed by atoms with Crippen LogP contribution in [-0.4, -0.2) is 24.9 Å². The Balaban J connectivity index is 2.27. The fourth-order valence-corrected chi connectivity index (χ4v) is 1.06. The van der Waals surface area contributed by atoms with E-state index in [4.69, 9.17) is 0 Å². The lowest BCUT2D eigenvalue weighted by Gasteiger charge is -2.21. The molecule has 2 aliphatic rings. The SMILES string of the molecule is C=C1NC=NC2N=CNC12. The molecule has 0 aromatic carbocycles. The van der Waals surface area contributed by atoms with Gasteiger partial charge in [0.05, 0.1) is 12.7 Å². The van der Waals surface area contributed by atoms with Gasteiger partial charge in [-0.3, -0.25) is 0 Å². The van der Waals surface area contributed by atoms with E-state index >= 15 is 0 Å². The summed E-state index contributed by atoms with van der Waals surface area (Å²) in [7, 11) is 0. The molecule has 0 saturated carbocycles. The smallest absolute Gasteiger partial charge is 0.168 e. The van der Waals surface area contributed by atoms with Crippen molar-refractivity contribution in [3.63, 3.8) is 0 Å². The van der Waals surface area contributed by atoms with E-state index < -0.39 is 0 Å². The van der Waals surface area contributed by atoms with Gasteiger partial charge < -0.3 is 10.6 Å². The van der Waals surface area contributed by atoms with E-state index in [0.29, 0.717) is 0 Å². The molecule has 2 N–H and O–H groups in total. The molecule has 2 aliphatic heterocycles. The summed E-state index contributed by atoms with van der Waals surface area (Å²) in [5, 5.41) is 5.97. The van der Waals surface area contributed by atoms with Crippen molar-refractivity contribution in [3.05, 3.63) is 12.3 Å². The van der Waals surface area contributed by atoms with Gasteiger partial charge in [-0.2, -0.15) is 0 Å². The van der Waals surface area contributed by atoms with Gasteiger partial charge in [-0.15, -0.1) is 0 Å². The second-order valence-electron chi connectivity index (χ2n) is 2.28. The molecule has 4 heteroatoms. The van der Waals surface area contributed by atoms with Crippen LogP contribution in [0, 0.1) is 0 Å². The molecule has 0 aliphatic carbocycles. The van der Waals surface area contributed by atoms with Gasteiger partial charge in [0.15, 0.2) is 6.17 Å². The molecule has 2 unspecified atom stereocenters. The minimum atomic E-state index is 0.00810. The quantitative estimate of drug-likeness (QED) is 0.469. The van der Waals surface area contributed by atoms with Crippen LogP contribution in [0.25, 0.3) is 0 Å². The predicted octanol–water partition coefficient (Wildman–Crippen LogP) is -0.542. The zero-order valence-electron chi connectivity index (χ0n) is 5.41. The van der Waals surface area contributed by atoms with E-state index in [2.05, 4.69) is 27.2 Å². The third-order valence-electron chi connectivity index (χ3n) is 1.63. The summed E-state index contributed by atoms with van der Waals surface area (Å²) in [5.74, 6) is 0. The molecule has 2 rings (SSSR count). The first kappa shape index (κ1) is 5.46. The Hall–Kier alpha value is -1.32. The second kappa shape index (κ2) is 1.83. The van der Waals surface area contributed by atoms with Crippen molar-refractivity contribution in [2.24, 2.45) is 9.98 Å². The van der Waals surface area contributed by atoms with Crippen LogP contribution in [0.3, 0.4) is 0 Å². The van der Waals surface area contributed by atoms with Gasteiger partial charge in [0.2, 0.25) is 0 Å². The Bertz CT molecular complexity index is 218. The average molecular weight is 136 g/mol. The zero-order valence-corrected chi connectivity index (χ0v) is 5.41. The van der Waals surface area contributed by atoms with Crippen molar-refractivity contribution in [2.45, 2.75) is 12.2 Å². The minimum absolute atomic E-state index is 0.00810. The average Bonchev–Trinajstić information content (AvgIpc) is 2.36. The summed E-state index contributed by atoms with van der Waals surface area (Å²) in [6, 6.07) is 0.157. The molecule has 4 nitrogen and oxygen atoms in total. The van der Waals surface area contributed by atoms with Gasteiger partial charge in [-0.05, 0) is 0 Å². The number of hydrogen-bond acceptors (Lipinski definition) is 4. The summed E-state index contributed by atoms with van der Waals surface area (Å²) in [6.45, 7) is 3.81. The largest absolute Gasteiger partial charge is 0.364 e. The van der Waals surface area contributed by atoms with Crippen LogP contribution in [0.5, 0.6) is 0 Å². The zero-order chi connectivity index (χ0) is 6.97. The molecule has 10 heavy (non-hydrogen) atoms. The molecule has 52 valence electrons. The van der Waals surface area contributed by atoms with E-state index in [1.165, 1.54) is 0 Å². The number of aliphatic imine (C=N–C) groups is 2. The number of hydrogen-bond donors (Lipinski definition) is 2. The molecule has 0 saturated heterocycles. The lowest BCUT2D eigenvalue weighted by atomic mass is 10.2. The Kier molecular flexibility index (Phi) is 1.00. The molecule has 2 heterocycles. The Morgan fingerprint density at radius 2 is 2.20 bits per heavy atom. The fourth-order valence-electron chi connectivity index (χ4n) is 1.06. The summed E-state index contributed by atoms with van der Waals surface area (Å²) in [4.78, 5) is 8.16. The van der Waals surface area contributed by atoms with Gasteiger partial charge >= 0.3 is 0 Å². The van der Waals surface area contributed by atoms with Gasteiger partial charge in [-0.1, -0.05) is 6.58 Å². The van der Waals surface area contributed by atoms with Crippen molar-refractivity contribution in [1.82, 2.24) is 10.6 Å². The summed E-state index contributed by atoms with van der Waals surface area (Å²) < 4.78 is 0. The normalized spacial score (nSPS) is 35.0. The number of nitrogens with zero attached hydrogens (tertiary/aromatic N) is 2. The van der Waals surface area contributed by atoms with Gasteiger partial charge in [0, 0.05) is 5.70 Å². The van der Waals surface area contributed by atoms with E-state index in [1.807, 2.05) is 0 Å². The van der Waals surface area contributed by atoms with Crippen LogP contribution in [0.4, 0.5) is 0 Å². The lowest BCUT2D eigenvalue weighted by Crippen LogP contribution is -2.41. The monoisotopic (exact) mass is 136 g/mol. The highest BCUT2D eigenvalue weighted by Gasteiger charge is 2.27. The first-order valence-corrected chi connectivity index (χ1v) is 3.12. The molecule has 0 bridgehead atoms. The third-order valence-corrected chi connectivity index (χ3v) is 1.63. The van der Waals surface area contributed by atoms with E-state index in [9.17, 15) is 0 Å². The van der Waals surface area contributed by atoms with Crippen molar-refractivity contribution >= 4 is 12.7 Å². The van der Waals surface area contributed by atoms with Gasteiger partial charge in [0.1, 0.15) is 6.04 Å². The Morgan fingerprint density at radius 3 is 3.00 bits per heavy atom. The fraction of sp³-hybridized carbons (Fsp3) is 0.333. The van der Waals surface area contributed by atoms with Crippen molar-refractivity contribution in [3.8, 4) is 0 Å². The lowest BCUT2D eigenvalue weighted by molar-refractivity contribution is 0.573. The first-order chi connectivity index (χ1) is 4.88. The van der Waals surface area contributed by atoms with Crippen molar-refractivity contribution in [2.75, 3.05) is 0 Å². The van der Waals surface area contributed by atoms with Crippen LogP contribution in [-0.2, 0) is 0 Å². The molecule has 0 amide bonds. The van der Waals surface area contributed by atoms with E-state index in [1.54, 1.807) is 12.7 Å². The van der Waals surface area contributed by atoms with Crippen LogP contribution >= 0.6 is 0 Å². The number of rotatable bonds is 0. The Morgan fingerprint density at radius 1 is 1.40 bits per heavy atom. The third kappa shape index (κ3) is 0.618. The van der Waals surface area contributed by atoms with E-state index in [0.717, 1.165) is 5.70 Å². The summed E-state index contributed by atoms with van der Waals surface area (Å²) in [6.07, 6.45) is 3.31. The van der Waals surface area contributed by atoms with Crippen LogP contribution < -0.4 is 10.6 Å². The topological polar surface area (TPSA) is 48.8 Å². The highest BCUT2D eigenvalue weighted by molar-refractivity contribution is 5.66. The van der Waals surface area contributed by atoms with E-state index in [-0.39, 0.29) is 12.2 Å². The molecule has 0 aromatic heterocycles. The van der Waals surface area contributed by atoms with Crippen LogP contribution in [0.1, 0.15) is 0 Å². The second-order valence-corrected chi connectivity index (χ2v) is 2.28. The molecule has 0 radical (unpaired) electrons. The molecule has 0 aromatic rings. The molecule has 0 spiro atoms. The van der Waals surface area contributed by atoms with Gasteiger partial charge in [-0.25, -0.2) is 9.98 Å². The maximum atomic E-state index is 4.08. The highest BCUT2D eigenvalue weighted by Crippen LogP contribution is 2.12. The molecule has 2 atom stereocenters. The van der Waals surface area contributed by atoms with Crippen LogP contribution in [0.2, 0.25) is 0 Å². The Labute approximate surface area is 58.8 Å². The minimum Gasteiger partial charge on any atom is -0.364 e. The first-order valence-electron chi connectivity index (χ1n) is 3.12. The highest BCUT2D eigenvalue weighted by atomic mass is 15.2. The van der Waals surface area contributed by atoms with Crippen LogP contribution in [0.15, 0.2) is 22.3 Å². The predicted molar refractivity (Wildman–Crippen MR) is 40.0 cm³/mol. The standard InChI is InChI=1S/C6H8N4/c1-4-5-6(9-2-7-4)10-3-8-5/h2-3,5-6H,1H2,(H,7,9)(H,8,10). The van der Waals surface area contributed by atoms with Crippen molar-refractivity contribution < 1.29 is 0 Å². The number of nitrogens with one attached hydrogen (secondary N) is 2. The van der Waals surface area contributed by atoms with Crippen molar-refractivity contribution in [1.29, 1.82) is 0 Å². The molecular formula is C6H8N4. The van der Waals surface area contributed by atoms with Gasteiger partial charge in [0.25, 0.3) is 0 Å². The molecular weight excluding hydrogens is 128 g/mol. The summed E-state index contributed by atoms with van der Waals surface area (Å²) >= 11 is 0. The summed E-state index contributed by atoms with van der Waals surface area (Å²) in [5.41, 5.74) is 0.928. The maximum absolute atomic E-state index is 4.08. The maximum Gasteiger partial charge on any atom is 0.168 e.